The molecule has 2 saturated heterocycles. The third-order valence-electron chi connectivity index (χ3n) is 5.39. The number of hydrogen-bond donors (Lipinski definition) is 1. The monoisotopic (exact) mass is 318 g/mol. The van der Waals surface area contributed by atoms with Crippen molar-refractivity contribution in [3.63, 3.8) is 0 Å². The number of rotatable bonds is 5. The van der Waals surface area contributed by atoms with Crippen LogP contribution in [-0.4, -0.2) is 52.4 Å². The Kier molecular flexibility index (Phi) is 4.11. The summed E-state index contributed by atoms with van der Waals surface area (Å²) in [7, 11) is 1.94. The standard InChI is InChI=1S/C17H26N4O2/c1-20-9-13(8-19-20)10-21-11-14(6-16-15(21)4-5-23-16)17(22)18-7-12-2-3-12/h8-9,12,14-16H,2-7,10-11H2,1H3,(H,18,22)/t14-,15+,16+/m1/s1. The van der Waals surface area contributed by atoms with E-state index in [1.54, 1.807) is 0 Å². The Hall–Kier alpha value is -1.40. The molecular formula is C17H26N4O2. The van der Waals surface area contributed by atoms with Gasteiger partial charge in [0.25, 0.3) is 0 Å². The van der Waals surface area contributed by atoms with Crippen molar-refractivity contribution in [1.82, 2.24) is 20.0 Å². The summed E-state index contributed by atoms with van der Waals surface area (Å²) in [6, 6.07) is 0.447. The Morgan fingerprint density at radius 2 is 2.30 bits per heavy atom. The highest BCUT2D eigenvalue weighted by Gasteiger charge is 2.42. The highest BCUT2D eigenvalue weighted by molar-refractivity contribution is 5.79. The van der Waals surface area contributed by atoms with Crippen LogP contribution in [0, 0.1) is 11.8 Å². The normalized spacial score (nSPS) is 31.1. The third-order valence-corrected chi connectivity index (χ3v) is 5.39. The van der Waals surface area contributed by atoms with Crippen LogP contribution in [0.4, 0.5) is 0 Å². The Morgan fingerprint density at radius 3 is 3.04 bits per heavy atom. The van der Waals surface area contributed by atoms with Gasteiger partial charge in [-0.25, -0.2) is 0 Å². The second-order valence-corrected chi connectivity index (χ2v) is 7.34. The number of carbonyl (C=O) groups is 1. The Labute approximate surface area is 137 Å². The first-order valence-corrected chi connectivity index (χ1v) is 8.80. The highest BCUT2D eigenvalue weighted by Crippen LogP contribution is 2.33. The fourth-order valence-electron chi connectivity index (χ4n) is 3.92. The van der Waals surface area contributed by atoms with Gasteiger partial charge in [0.05, 0.1) is 18.2 Å². The van der Waals surface area contributed by atoms with Crippen molar-refractivity contribution in [3.05, 3.63) is 18.0 Å². The number of piperidine rings is 1. The van der Waals surface area contributed by atoms with Gasteiger partial charge >= 0.3 is 0 Å². The molecule has 0 unspecified atom stereocenters. The molecule has 0 spiro atoms. The third kappa shape index (κ3) is 3.43. The van der Waals surface area contributed by atoms with E-state index in [2.05, 4.69) is 21.5 Å². The van der Waals surface area contributed by atoms with E-state index in [9.17, 15) is 4.79 Å². The smallest absolute Gasteiger partial charge is 0.224 e. The SMILES string of the molecule is Cn1cc(CN2C[C@H](C(=O)NCC3CC3)C[C@@H]3OCC[C@@H]32)cn1. The lowest BCUT2D eigenvalue weighted by molar-refractivity contribution is -0.129. The van der Waals surface area contributed by atoms with Crippen LogP contribution in [0.5, 0.6) is 0 Å². The average molecular weight is 318 g/mol. The van der Waals surface area contributed by atoms with Gasteiger partial charge in [0.1, 0.15) is 0 Å². The van der Waals surface area contributed by atoms with E-state index in [0.29, 0.717) is 6.04 Å². The molecule has 1 aromatic heterocycles. The number of ether oxygens (including phenoxy) is 1. The Balaban J connectivity index is 1.41. The van der Waals surface area contributed by atoms with Crippen molar-refractivity contribution in [2.45, 2.75) is 44.4 Å². The largest absolute Gasteiger partial charge is 0.377 e. The summed E-state index contributed by atoms with van der Waals surface area (Å²) in [6.45, 7) is 3.35. The van der Waals surface area contributed by atoms with E-state index in [1.807, 2.05) is 17.9 Å². The number of aromatic nitrogens is 2. The number of likely N-dealkylation sites (tertiary alicyclic amines) is 1. The average Bonchev–Trinajstić information content (AvgIpc) is 3.09. The van der Waals surface area contributed by atoms with Crippen LogP contribution in [0.2, 0.25) is 0 Å². The molecule has 6 nitrogen and oxygen atoms in total. The molecule has 1 aromatic rings. The quantitative estimate of drug-likeness (QED) is 0.877. The summed E-state index contributed by atoms with van der Waals surface area (Å²) >= 11 is 0. The van der Waals surface area contributed by atoms with Gasteiger partial charge < -0.3 is 10.1 Å². The van der Waals surface area contributed by atoms with Crippen molar-refractivity contribution < 1.29 is 9.53 Å². The maximum absolute atomic E-state index is 12.5. The minimum Gasteiger partial charge on any atom is -0.377 e. The molecule has 0 bridgehead atoms. The van der Waals surface area contributed by atoms with Crippen molar-refractivity contribution in [2.75, 3.05) is 19.7 Å². The number of aryl methyl sites for hydroxylation is 1. The minimum atomic E-state index is 0.0461. The topological polar surface area (TPSA) is 59.4 Å². The number of nitrogens with one attached hydrogen (secondary N) is 1. The van der Waals surface area contributed by atoms with E-state index in [4.69, 9.17) is 4.74 Å². The summed E-state index contributed by atoms with van der Waals surface area (Å²) in [5.41, 5.74) is 1.21. The lowest BCUT2D eigenvalue weighted by Crippen LogP contribution is -2.52. The van der Waals surface area contributed by atoms with Crippen LogP contribution >= 0.6 is 0 Å². The molecule has 3 heterocycles. The van der Waals surface area contributed by atoms with Gasteiger partial charge in [-0.2, -0.15) is 5.10 Å². The van der Waals surface area contributed by atoms with Gasteiger partial charge in [-0.1, -0.05) is 0 Å². The second-order valence-electron chi connectivity index (χ2n) is 7.34. The molecule has 126 valence electrons. The number of hydrogen-bond acceptors (Lipinski definition) is 4. The van der Waals surface area contributed by atoms with Crippen LogP contribution in [0.1, 0.15) is 31.2 Å². The molecule has 2 aliphatic heterocycles. The summed E-state index contributed by atoms with van der Waals surface area (Å²) in [4.78, 5) is 14.9. The molecule has 1 N–H and O–H groups in total. The van der Waals surface area contributed by atoms with Crippen LogP contribution < -0.4 is 5.32 Å². The van der Waals surface area contributed by atoms with E-state index >= 15 is 0 Å². The van der Waals surface area contributed by atoms with Crippen molar-refractivity contribution in [1.29, 1.82) is 0 Å². The predicted octanol–water partition coefficient (Wildman–Crippen LogP) is 0.926. The van der Waals surface area contributed by atoms with Crippen LogP contribution in [0.25, 0.3) is 0 Å². The molecule has 3 fully saturated rings. The zero-order valence-electron chi connectivity index (χ0n) is 13.8. The molecule has 4 rings (SSSR count). The van der Waals surface area contributed by atoms with Gasteiger partial charge in [-0.15, -0.1) is 0 Å². The number of fused-ring (bicyclic) bond motifs is 1. The zero-order valence-corrected chi connectivity index (χ0v) is 13.8. The van der Waals surface area contributed by atoms with Gasteiger partial charge in [-0.05, 0) is 31.6 Å². The Bertz CT molecular complexity index is 569. The summed E-state index contributed by atoms with van der Waals surface area (Å²) in [5.74, 6) is 0.983. The molecule has 0 radical (unpaired) electrons. The summed E-state index contributed by atoms with van der Waals surface area (Å²) in [5, 5.41) is 7.40. The van der Waals surface area contributed by atoms with Gasteiger partial charge in [0.15, 0.2) is 0 Å². The molecule has 1 amide bonds. The molecule has 6 heteroatoms. The zero-order chi connectivity index (χ0) is 15.8. The number of amides is 1. The molecule has 23 heavy (non-hydrogen) atoms. The lowest BCUT2D eigenvalue weighted by atomic mass is 9.89. The fourth-order valence-corrected chi connectivity index (χ4v) is 3.92. The molecule has 1 saturated carbocycles. The molecule has 3 atom stereocenters. The maximum atomic E-state index is 12.5. The van der Waals surface area contributed by atoms with E-state index in [0.717, 1.165) is 45.0 Å². The van der Waals surface area contributed by atoms with Crippen molar-refractivity contribution >= 4 is 5.91 Å². The first kappa shape index (κ1) is 15.1. The maximum Gasteiger partial charge on any atom is 0.224 e. The molecule has 0 aromatic carbocycles. The van der Waals surface area contributed by atoms with Crippen molar-refractivity contribution in [2.24, 2.45) is 18.9 Å². The molecular weight excluding hydrogens is 292 g/mol. The van der Waals surface area contributed by atoms with Gasteiger partial charge in [0, 0.05) is 51.1 Å². The first-order valence-electron chi connectivity index (χ1n) is 8.80. The number of nitrogens with zero attached hydrogens (tertiary/aromatic N) is 3. The van der Waals surface area contributed by atoms with Crippen molar-refractivity contribution in [3.8, 4) is 0 Å². The highest BCUT2D eigenvalue weighted by atomic mass is 16.5. The number of carbonyl (C=O) groups excluding carboxylic acids is 1. The Morgan fingerprint density at radius 1 is 1.43 bits per heavy atom. The van der Waals surface area contributed by atoms with Crippen LogP contribution in [0.15, 0.2) is 12.4 Å². The fraction of sp³-hybridized carbons (Fsp3) is 0.765. The van der Waals surface area contributed by atoms with Crippen LogP contribution in [0.3, 0.4) is 0 Å². The van der Waals surface area contributed by atoms with E-state index < -0.39 is 0 Å². The predicted molar refractivity (Wildman–Crippen MR) is 85.6 cm³/mol. The summed E-state index contributed by atoms with van der Waals surface area (Å²) in [6.07, 6.45) is 8.66. The lowest BCUT2D eigenvalue weighted by Gasteiger charge is -2.40. The van der Waals surface area contributed by atoms with E-state index in [-0.39, 0.29) is 17.9 Å². The van der Waals surface area contributed by atoms with Gasteiger partial charge in [0.2, 0.25) is 5.91 Å². The molecule has 3 aliphatic rings. The minimum absolute atomic E-state index is 0.0461. The van der Waals surface area contributed by atoms with Crippen LogP contribution in [-0.2, 0) is 23.1 Å². The van der Waals surface area contributed by atoms with E-state index in [1.165, 1.54) is 18.4 Å². The summed E-state index contributed by atoms with van der Waals surface area (Å²) < 4.78 is 7.74. The first-order chi connectivity index (χ1) is 11.2. The van der Waals surface area contributed by atoms with Gasteiger partial charge in [-0.3, -0.25) is 14.4 Å². The second kappa shape index (κ2) is 6.24. The molecule has 1 aliphatic carbocycles.